The molecule has 3 nitrogen and oxygen atoms in total. The molecule has 0 bridgehead atoms. The number of para-hydroxylation sites is 1. The van der Waals surface area contributed by atoms with Gasteiger partial charge in [0.25, 0.3) is 0 Å². The van der Waals surface area contributed by atoms with E-state index in [2.05, 4.69) is 41.8 Å². The summed E-state index contributed by atoms with van der Waals surface area (Å²) in [7, 11) is 0. The number of rotatable bonds is 5. The number of carbonyl (C=O) groups is 1. The summed E-state index contributed by atoms with van der Waals surface area (Å²) >= 11 is 1.48. The van der Waals surface area contributed by atoms with E-state index in [0.717, 1.165) is 39.6 Å². The molecule has 0 saturated carbocycles. The first kappa shape index (κ1) is 17.4. The highest BCUT2D eigenvalue weighted by atomic mass is 32.1. The van der Waals surface area contributed by atoms with Crippen molar-refractivity contribution in [1.82, 2.24) is 4.57 Å². The van der Waals surface area contributed by atoms with Gasteiger partial charge in [-0.25, -0.2) is 4.99 Å². The van der Waals surface area contributed by atoms with Crippen LogP contribution in [0.1, 0.15) is 33.4 Å². The summed E-state index contributed by atoms with van der Waals surface area (Å²) in [5, 5.41) is 0. The molecule has 0 atom stereocenters. The van der Waals surface area contributed by atoms with Crippen LogP contribution >= 0.6 is 11.3 Å². The highest BCUT2D eigenvalue weighted by Gasteiger charge is 2.13. The zero-order valence-electron chi connectivity index (χ0n) is 14.8. The largest absolute Gasteiger partial charge is 0.320 e. The SMILES string of the molecule is CC(=O)c1sc(=Nc2ccccc2C)n(CCc2ccccc2)c1C. The van der Waals surface area contributed by atoms with E-state index in [4.69, 9.17) is 4.99 Å². The Bertz CT molecular complexity index is 952. The molecule has 25 heavy (non-hydrogen) atoms. The molecule has 0 aliphatic carbocycles. The summed E-state index contributed by atoms with van der Waals surface area (Å²) in [6, 6.07) is 18.5. The van der Waals surface area contributed by atoms with E-state index in [1.54, 1.807) is 6.92 Å². The smallest absolute Gasteiger partial charge is 0.190 e. The van der Waals surface area contributed by atoms with Gasteiger partial charge in [0.2, 0.25) is 0 Å². The second-order valence-corrected chi connectivity index (χ2v) is 7.12. The molecule has 0 saturated heterocycles. The zero-order chi connectivity index (χ0) is 17.8. The molecule has 0 spiro atoms. The van der Waals surface area contributed by atoms with Gasteiger partial charge in [-0.15, -0.1) is 0 Å². The second-order valence-electron chi connectivity index (χ2n) is 6.14. The molecule has 3 rings (SSSR count). The molecule has 0 aliphatic heterocycles. The fraction of sp³-hybridized carbons (Fsp3) is 0.238. The summed E-state index contributed by atoms with van der Waals surface area (Å²) < 4.78 is 2.17. The highest BCUT2D eigenvalue weighted by molar-refractivity contribution is 7.11. The lowest BCUT2D eigenvalue weighted by atomic mass is 10.1. The van der Waals surface area contributed by atoms with Crippen LogP contribution in [0.4, 0.5) is 5.69 Å². The maximum Gasteiger partial charge on any atom is 0.190 e. The first-order valence-corrected chi connectivity index (χ1v) is 9.23. The molecule has 0 amide bonds. The molecule has 2 aromatic carbocycles. The Morgan fingerprint density at radius 2 is 1.72 bits per heavy atom. The van der Waals surface area contributed by atoms with Gasteiger partial charge < -0.3 is 4.57 Å². The summed E-state index contributed by atoms with van der Waals surface area (Å²) in [5.41, 5.74) is 4.37. The van der Waals surface area contributed by atoms with Crippen LogP contribution in [0, 0.1) is 13.8 Å². The van der Waals surface area contributed by atoms with Crippen molar-refractivity contribution in [2.45, 2.75) is 33.7 Å². The lowest BCUT2D eigenvalue weighted by Gasteiger charge is -2.07. The predicted molar refractivity (Wildman–Crippen MR) is 104 cm³/mol. The summed E-state index contributed by atoms with van der Waals surface area (Å²) in [6.07, 6.45) is 0.913. The Labute approximate surface area is 152 Å². The van der Waals surface area contributed by atoms with E-state index < -0.39 is 0 Å². The fourth-order valence-electron chi connectivity index (χ4n) is 2.84. The first-order valence-electron chi connectivity index (χ1n) is 8.41. The topological polar surface area (TPSA) is 34.4 Å². The molecule has 128 valence electrons. The van der Waals surface area contributed by atoms with Crippen LogP contribution in [-0.4, -0.2) is 10.4 Å². The van der Waals surface area contributed by atoms with Crippen LogP contribution in [0.3, 0.4) is 0 Å². The highest BCUT2D eigenvalue weighted by Crippen LogP contribution is 2.19. The van der Waals surface area contributed by atoms with E-state index in [0.29, 0.717) is 0 Å². The summed E-state index contributed by atoms with van der Waals surface area (Å²) in [5.74, 6) is 0.0993. The summed E-state index contributed by atoms with van der Waals surface area (Å²) in [4.78, 5) is 18.5. The van der Waals surface area contributed by atoms with Gasteiger partial charge in [0.1, 0.15) is 0 Å². The van der Waals surface area contributed by atoms with Crippen molar-refractivity contribution in [2.75, 3.05) is 0 Å². The minimum absolute atomic E-state index is 0.0993. The molecule has 4 heteroatoms. The van der Waals surface area contributed by atoms with Crippen LogP contribution in [0.15, 0.2) is 59.6 Å². The normalized spacial score (nSPS) is 11.7. The van der Waals surface area contributed by atoms with Crippen LogP contribution in [-0.2, 0) is 13.0 Å². The number of Topliss-reactive ketones (excluding diaryl/α,β-unsaturated/α-hetero) is 1. The number of aryl methyl sites for hydroxylation is 2. The predicted octanol–water partition coefficient (Wildman–Crippen LogP) is 4.84. The Kier molecular flexibility index (Phi) is 5.29. The Balaban J connectivity index is 2.03. The molecule has 0 N–H and O–H groups in total. The van der Waals surface area contributed by atoms with Crippen molar-refractivity contribution >= 4 is 22.8 Å². The number of carbonyl (C=O) groups excluding carboxylic acids is 1. The molecule has 3 aromatic rings. The van der Waals surface area contributed by atoms with E-state index in [9.17, 15) is 4.79 Å². The number of benzene rings is 2. The second kappa shape index (κ2) is 7.62. The molecule has 1 aromatic heterocycles. The van der Waals surface area contributed by atoms with Crippen LogP contribution < -0.4 is 4.80 Å². The number of nitrogens with zero attached hydrogens (tertiary/aromatic N) is 2. The van der Waals surface area contributed by atoms with Gasteiger partial charge in [0.05, 0.1) is 10.6 Å². The monoisotopic (exact) mass is 350 g/mol. The van der Waals surface area contributed by atoms with Gasteiger partial charge in [-0.3, -0.25) is 4.79 Å². The van der Waals surface area contributed by atoms with Gasteiger partial charge in [0, 0.05) is 19.2 Å². The Morgan fingerprint density at radius 1 is 1.04 bits per heavy atom. The van der Waals surface area contributed by atoms with Gasteiger partial charge in [-0.1, -0.05) is 59.9 Å². The molecule has 0 radical (unpaired) electrons. The third kappa shape index (κ3) is 3.97. The molecule has 0 aliphatic rings. The summed E-state index contributed by atoms with van der Waals surface area (Å²) in [6.45, 7) is 6.50. The van der Waals surface area contributed by atoms with Crippen molar-refractivity contribution < 1.29 is 4.79 Å². The van der Waals surface area contributed by atoms with Crippen molar-refractivity contribution in [3.05, 3.63) is 81.1 Å². The maximum atomic E-state index is 12.0. The molecular weight excluding hydrogens is 328 g/mol. The van der Waals surface area contributed by atoms with Crippen LogP contribution in [0.2, 0.25) is 0 Å². The maximum absolute atomic E-state index is 12.0. The molecule has 0 unspecified atom stereocenters. The van der Waals surface area contributed by atoms with Crippen molar-refractivity contribution in [1.29, 1.82) is 0 Å². The third-order valence-electron chi connectivity index (χ3n) is 4.28. The number of ketones is 1. The Morgan fingerprint density at radius 3 is 2.40 bits per heavy atom. The van der Waals surface area contributed by atoms with Crippen molar-refractivity contribution in [3.63, 3.8) is 0 Å². The van der Waals surface area contributed by atoms with Gasteiger partial charge >= 0.3 is 0 Å². The fourth-order valence-corrected chi connectivity index (χ4v) is 3.90. The quantitative estimate of drug-likeness (QED) is 0.606. The number of hydrogen-bond donors (Lipinski definition) is 0. The van der Waals surface area contributed by atoms with E-state index in [1.165, 1.54) is 16.9 Å². The van der Waals surface area contributed by atoms with Gasteiger partial charge in [0.15, 0.2) is 10.6 Å². The van der Waals surface area contributed by atoms with Gasteiger partial charge in [-0.05, 0) is 37.5 Å². The number of hydrogen-bond acceptors (Lipinski definition) is 3. The lowest BCUT2D eigenvalue weighted by Crippen LogP contribution is -2.17. The van der Waals surface area contributed by atoms with Gasteiger partial charge in [-0.2, -0.15) is 0 Å². The Hall–Kier alpha value is -2.46. The van der Waals surface area contributed by atoms with Crippen molar-refractivity contribution in [2.24, 2.45) is 4.99 Å². The number of aromatic nitrogens is 1. The zero-order valence-corrected chi connectivity index (χ0v) is 15.6. The lowest BCUT2D eigenvalue weighted by molar-refractivity contribution is 0.102. The average molecular weight is 350 g/mol. The van der Waals surface area contributed by atoms with E-state index in [-0.39, 0.29) is 5.78 Å². The van der Waals surface area contributed by atoms with E-state index in [1.807, 2.05) is 31.2 Å². The third-order valence-corrected chi connectivity index (χ3v) is 5.56. The van der Waals surface area contributed by atoms with E-state index >= 15 is 0 Å². The number of thiazole rings is 1. The van der Waals surface area contributed by atoms with Crippen LogP contribution in [0.25, 0.3) is 0 Å². The van der Waals surface area contributed by atoms with Crippen molar-refractivity contribution in [3.8, 4) is 0 Å². The molecule has 1 heterocycles. The minimum atomic E-state index is 0.0993. The average Bonchev–Trinajstić information content (AvgIpc) is 2.92. The first-order chi connectivity index (χ1) is 12.1. The minimum Gasteiger partial charge on any atom is -0.320 e. The van der Waals surface area contributed by atoms with Crippen LogP contribution in [0.5, 0.6) is 0 Å². The molecular formula is C21H22N2OS. The standard InChI is InChI=1S/C21H22N2OS/c1-15-9-7-8-12-19(15)22-21-23(16(2)20(25-21)17(3)24)14-13-18-10-5-4-6-11-18/h4-12H,13-14H2,1-3H3. The molecule has 0 fully saturated rings.